The van der Waals surface area contributed by atoms with Crippen molar-refractivity contribution < 1.29 is 9.63 Å². The maximum absolute atomic E-state index is 10.3. The number of benzene rings is 3. The molecule has 0 amide bonds. The minimum absolute atomic E-state index is 0.0760. The molecule has 156 valence electrons. The Balaban J connectivity index is 2.21. The van der Waals surface area contributed by atoms with E-state index in [9.17, 15) is 5.11 Å². The number of hydrogen-bond donors (Lipinski definition) is 1. The van der Waals surface area contributed by atoms with Gasteiger partial charge in [-0.2, -0.15) is 0 Å². The van der Waals surface area contributed by atoms with Gasteiger partial charge in [0.15, 0.2) is 0 Å². The second-order valence-electron chi connectivity index (χ2n) is 8.68. The van der Waals surface area contributed by atoms with E-state index in [1.54, 1.807) is 6.92 Å². The molecule has 0 saturated carbocycles. The number of aliphatic hydroxyl groups excluding tert-OH is 1. The van der Waals surface area contributed by atoms with Crippen LogP contribution < -0.4 is 15.9 Å². The topological polar surface area (TPSA) is 29.5 Å². The predicted octanol–water partition coefficient (Wildman–Crippen LogP) is 5.71. The Kier molecular flexibility index (Phi) is 5.12. The molecule has 1 N–H and O–H groups in total. The molecule has 3 heteroatoms. The van der Waals surface area contributed by atoms with Crippen LogP contribution in [0, 0.1) is 5.41 Å². The molecule has 1 aliphatic heterocycles. The van der Waals surface area contributed by atoms with Crippen LogP contribution >= 0.6 is 6.83 Å². The van der Waals surface area contributed by atoms with Crippen LogP contribution in [0.25, 0.3) is 0 Å². The summed E-state index contributed by atoms with van der Waals surface area (Å²) in [6, 6.07) is 32.2. The third-order valence-corrected chi connectivity index (χ3v) is 14.0. The van der Waals surface area contributed by atoms with E-state index in [2.05, 4.69) is 112 Å². The van der Waals surface area contributed by atoms with Gasteiger partial charge in [0.25, 0.3) is 0 Å². The van der Waals surface area contributed by atoms with Crippen LogP contribution in [0.3, 0.4) is 0 Å². The van der Waals surface area contributed by atoms with Crippen LogP contribution in [0.2, 0.25) is 0 Å². The summed E-state index contributed by atoms with van der Waals surface area (Å²) >= 11 is 0. The average molecular weight is 419 g/mol. The van der Waals surface area contributed by atoms with E-state index in [0.29, 0.717) is 5.76 Å². The molecule has 1 aliphatic rings. The summed E-state index contributed by atoms with van der Waals surface area (Å²) in [4.78, 5) is 0. The Bertz CT molecular complexity index is 943. The zero-order valence-electron chi connectivity index (χ0n) is 18.2. The van der Waals surface area contributed by atoms with Crippen molar-refractivity contribution in [3.63, 3.8) is 0 Å². The van der Waals surface area contributed by atoms with Crippen LogP contribution in [0.1, 0.15) is 27.7 Å². The molecule has 2 unspecified atom stereocenters. The molecule has 1 fully saturated rings. The summed E-state index contributed by atoms with van der Waals surface area (Å²) < 4.78 is 7.40. The van der Waals surface area contributed by atoms with Gasteiger partial charge in [0.05, 0.1) is 0 Å². The molecule has 4 rings (SSSR count). The van der Waals surface area contributed by atoms with E-state index in [1.165, 1.54) is 15.9 Å². The van der Waals surface area contributed by atoms with Gasteiger partial charge in [-0.3, -0.25) is 0 Å². The SMILES string of the molecule is C/C(O)=C/[C@@]1(C)C(C)OP(c2ccccc2)(c2ccccc2)(c2ccccc2)C1C. The predicted molar refractivity (Wildman–Crippen MR) is 130 cm³/mol. The van der Waals surface area contributed by atoms with E-state index in [0.717, 1.165) is 0 Å². The standard InChI is InChI=1S/C27H31O2P/c1-21(28)20-27(4)22(2)29-30(23(27)3,24-14-8-5-9-15-24,25-16-10-6-11-17-25)26-18-12-7-13-19-26/h5-20,22-23,28H,1-4H3/b21-20-/t22?,23?,27-/m0/s1. The van der Waals surface area contributed by atoms with Crippen LogP contribution in [0.15, 0.2) is 103 Å². The Morgan fingerprint density at radius 2 is 1.17 bits per heavy atom. The molecule has 1 saturated heterocycles. The third-order valence-electron chi connectivity index (χ3n) is 7.22. The number of hydrogen-bond acceptors (Lipinski definition) is 2. The summed E-state index contributed by atoms with van der Waals surface area (Å²) in [6.07, 6.45) is 1.93. The van der Waals surface area contributed by atoms with E-state index in [1.807, 2.05) is 6.08 Å². The summed E-state index contributed by atoms with van der Waals surface area (Å²) in [5, 5.41) is 14.0. The normalized spacial score (nSPS) is 29.1. The summed E-state index contributed by atoms with van der Waals surface area (Å²) in [5.41, 5.74) is -0.217. The first-order valence-corrected chi connectivity index (χ1v) is 12.8. The van der Waals surface area contributed by atoms with Gasteiger partial charge in [-0.15, -0.1) is 0 Å². The molecule has 3 aromatic rings. The Labute approximate surface area is 180 Å². The van der Waals surface area contributed by atoms with Gasteiger partial charge in [0.2, 0.25) is 0 Å². The molecule has 2 nitrogen and oxygen atoms in total. The number of allylic oxidation sites excluding steroid dienone is 1. The van der Waals surface area contributed by atoms with Crippen molar-refractivity contribution in [2.45, 2.75) is 39.5 Å². The molecular formula is C27H31O2P. The molecule has 0 spiro atoms. The van der Waals surface area contributed by atoms with Crippen molar-refractivity contribution in [3.05, 3.63) is 103 Å². The van der Waals surface area contributed by atoms with Crippen LogP contribution in [0.4, 0.5) is 0 Å². The number of rotatable bonds is 4. The first kappa shape index (κ1) is 20.8. The van der Waals surface area contributed by atoms with E-state index in [-0.39, 0.29) is 17.2 Å². The second-order valence-corrected chi connectivity index (χ2v) is 13.4. The van der Waals surface area contributed by atoms with Crippen molar-refractivity contribution >= 4 is 22.7 Å². The van der Waals surface area contributed by atoms with Crippen LogP contribution in [0.5, 0.6) is 0 Å². The zero-order valence-corrected chi connectivity index (χ0v) is 19.1. The summed E-state index contributed by atoms with van der Waals surface area (Å²) in [6.45, 7) is 5.09. The molecule has 30 heavy (non-hydrogen) atoms. The fraction of sp³-hybridized carbons (Fsp3) is 0.259. The van der Waals surface area contributed by atoms with Gasteiger partial charge in [-0.05, 0) is 0 Å². The van der Waals surface area contributed by atoms with Crippen molar-refractivity contribution in [1.29, 1.82) is 0 Å². The van der Waals surface area contributed by atoms with Gasteiger partial charge in [0, 0.05) is 0 Å². The van der Waals surface area contributed by atoms with Crippen LogP contribution in [-0.4, -0.2) is 16.9 Å². The third kappa shape index (κ3) is 2.64. The van der Waals surface area contributed by atoms with Crippen molar-refractivity contribution in [3.8, 4) is 0 Å². The maximum atomic E-state index is 10.3. The fourth-order valence-corrected chi connectivity index (χ4v) is 12.9. The summed E-state index contributed by atoms with van der Waals surface area (Å²) in [7, 11) is 0. The molecular weight excluding hydrogens is 387 g/mol. The van der Waals surface area contributed by atoms with E-state index in [4.69, 9.17) is 4.52 Å². The van der Waals surface area contributed by atoms with Crippen molar-refractivity contribution in [2.24, 2.45) is 5.41 Å². The van der Waals surface area contributed by atoms with Crippen molar-refractivity contribution in [1.82, 2.24) is 0 Å². The van der Waals surface area contributed by atoms with Gasteiger partial charge in [-0.25, -0.2) is 0 Å². The molecule has 3 atom stereocenters. The van der Waals surface area contributed by atoms with Gasteiger partial charge in [0.1, 0.15) is 0 Å². The monoisotopic (exact) mass is 418 g/mol. The summed E-state index contributed by atoms with van der Waals surface area (Å²) in [5.74, 6) is 0.340. The minimum atomic E-state index is -3.36. The fourth-order valence-electron chi connectivity index (χ4n) is 5.56. The molecule has 3 aromatic carbocycles. The first-order chi connectivity index (χ1) is 14.4. The Hall–Kier alpha value is -2.41. The zero-order chi connectivity index (χ0) is 21.4. The quantitative estimate of drug-likeness (QED) is 0.435. The van der Waals surface area contributed by atoms with Crippen LogP contribution in [-0.2, 0) is 4.52 Å². The molecule has 1 heterocycles. The van der Waals surface area contributed by atoms with Gasteiger partial charge >= 0.3 is 180 Å². The molecule has 0 radical (unpaired) electrons. The Morgan fingerprint density at radius 3 is 1.50 bits per heavy atom. The Morgan fingerprint density at radius 1 is 0.800 bits per heavy atom. The van der Waals surface area contributed by atoms with E-state index < -0.39 is 6.83 Å². The average Bonchev–Trinajstić information content (AvgIpc) is 2.95. The number of aliphatic hydroxyl groups is 1. The molecule has 0 bridgehead atoms. The van der Waals surface area contributed by atoms with Crippen molar-refractivity contribution in [2.75, 3.05) is 0 Å². The van der Waals surface area contributed by atoms with Gasteiger partial charge < -0.3 is 0 Å². The second kappa shape index (κ2) is 7.38. The van der Waals surface area contributed by atoms with E-state index >= 15 is 0 Å². The molecule has 0 aliphatic carbocycles. The molecule has 0 aromatic heterocycles. The first-order valence-electron chi connectivity index (χ1n) is 10.6. The van der Waals surface area contributed by atoms with Gasteiger partial charge in [-0.1, -0.05) is 0 Å².